The highest BCUT2D eigenvalue weighted by molar-refractivity contribution is 5.99. The van der Waals surface area contributed by atoms with Gasteiger partial charge in [0.15, 0.2) is 5.76 Å². The van der Waals surface area contributed by atoms with Crippen LogP contribution in [0.4, 0.5) is 0 Å². The lowest BCUT2D eigenvalue weighted by Gasteiger charge is -2.14. The number of nitrogens with zero attached hydrogens (tertiary/aromatic N) is 1. The number of hydrogen-bond donors (Lipinski definition) is 1. The van der Waals surface area contributed by atoms with Gasteiger partial charge in [-0.25, -0.2) is 0 Å². The van der Waals surface area contributed by atoms with Gasteiger partial charge in [0.25, 0.3) is 0 Å². The van der Waals surface area contributed by atoms with Crippen LogP contribution >= 0.6 is 0 Å². The van der Waals surface area contributed by atoms with Crippen molar-refractivity contribution >= 4 is 11.7 Å². The number of aliphatic hydroxyl groups is 1. The van der Waals surface area contributed by atoms with Crippen molar-refractivity contribution in [2.24, 2.45) is 16.2 Å². The van der Waals surface area contributed by atoms with Gasteiger partial charge in [-0.15, -0.1) is 0 Å². The van der Waals surface area contributed by atoms with Crippen molar-refractivity contribution in [3.8, 4) is 0 Å². The molecule has 214 valence electrons. The molecule has 0 spiro atoms. The van der Waals surface area contributed by atoms with E-state index in [9.17, 15) is 14.7 Å². The average Bonchev–Trinajstić information content (AvgIpc) is 3.83. The van der Waals surface area contributed by atoms with E-state index in [1.807, 2.05) is 79.0 Å². The van der Waals surface area contributed by atoms with Gasteiger partial charge in [0, 0.05) is 30.3 Å². The Bertz CT molecular complexity index is 1220. The van der Waals surface area contributed by atoms with Crippen molar-refractivity contribution in [2.45, 2.75) is 86.2 Å². The summed E-state index contributed by atoms with van der Waals surface area (Å²) in [6.45, 7) is 11.8. The molecule has 0 bridgehead atoms. The number of carbonyl (C=O) groups excluding carboxylic acids is 2. The summed E-state index contributed by atoms with van der Waals surface area (Å²) in [4.78, 5) is 24.5. The monoisotopic (exact) mass is 539 g/mol. The molecular weight excluding hydrogens is 494 g/mol. The highest BCUT2D eigenvalue weighted by atomic mass is 16.4. The van der Waals surface area contributed by atoms with Crippen LogP contribution in [-0.4, -0.2) is 35.8 Å². The Morgan fingerprint density at radius 2 is 1.36 bits per heavy atom. The van der Waals surface area contributed by atoms with E-state index >= 15 is 0 Å². The van der Waals surface area contributed by atoms with Crippen molar-refractivity contribution in [3.63, 3.8) is 0 Å². The Morgan fingerprint density at radius 3 is 1.67 bits per heavy atom. The van der Waals surface area contributed by atoms with Gasteiger partial charge in [0.1, 0.15) is 29.1 Å². The highest BCUT2D eigenvalue weighted by Gasteiger charge is 2.47. The molecule has 7 nitrogen and oxygen atoms in total. The number of carbonyl (C=O) groups is 2. The zero-order valence-corrected chi connectivity index (χ0v) is 24.8. The van der Waals surface area contributed by atoms with Gasteiger partial charge < -0.3 is 23.3 Å². The van der Waals surface area contributed by atoms with Crippen molar-refractivity contribution in [2.75, 3.05) is 14.1 Å². The zero-order valence-electron chi connectivity index (χ0n) is 24.8. The molecule has 3 heterocycles. The largest absolute Gasteiger partial charge is 0.470 e. The number of ketones is 1. The quantitative estimate of drug-likeness (QED) is 0.338. The number of Topliss-reactive ketones (excluding diaryl/α,β-unsaturated/α-hetero) is 1. The minimum absolute atomic E-state index is 0.0174. The Morgan fingerprint density at radius 1 is 0.795 bits per heavy atom. The molecule has 6 rings (SSSR count). The summed E-state index contributed by atoms with van der Waals surface area (Å²) < 4.78 is 15.5. The number of aryl methyl sites for hydroxylation is 3. The van der Waals surface area contributed by atoms with Gasteiger partial charge >= 0.3 is 0 Å². The first-order valence-corrected chi connectivity index (χ1v) is 13.8. The topological polar surface area (TPSA) is 97.0 Å². The molecule has 7 heteroatoms. The van der Waals surface area contributed by atoms with E-state index in [1.165, 1.54) is 0 Å². The molecular formula is C32H45NO6. The van der Waals surface area contributed by atoms with Crippen LogP contribution in [0.25, 0.3) is 0 Å². The van der Waals surface area contributed by atoms with Crippen LogP contribution in [0.3, 0.4) is 0 Å². The minimum Gasteiger partial charge on any atom is -0.470 e. The van der Waals surface area contributed by atoms with Crippen molar-refractivity contribution in [3.05, 3.63) is 71.5 Å². The standard InChI is InChI=1S/C10H14O2.C10H12O2.C7H13NO.C5H6O/c2*1-7-3-4-8(12-7)9(11)10(2)5-6-10;1-7(4-5-7)6(9)8(2)3;1-5-3-2-4-6-5/h3-4,9,11H,5-6H2,1-2H3;3-4H,5-6H2,1-2H3;4-5H2,1-3H3;2-4H,1H3/t9-;;;/m1.../s1. The van der Waals surface area contributed by atoms with Crippen LogP contribution in [-0.2, 0) is 4.79 Å². The summed E-state index contributed by atoms with van der Waals surface area (Å²) in [6, 6.07) is 11.1. The van der Waals surface area contributed by atoms with E-state index in [0.29, 0.717) is 11.5 Å². The zero-order chi connectivity index (χ0) is 29.0. The van der Waals surface area contributed by atoms with Crippen LogP contribution in [0, 0.1) is 37.0 Å². The number of amides is 1. The molecule has 0 aliphatic heterocycles. The summed E-state index contributed by atoms with van der Waals surface area (Å²) in [5.74, 6) is 4.32. The molecule has 3 fully saturated rings. The van der Waals surface area contributed by atoms with Gasteiger partial charge in [-0.1, -0.05) is 20.8 Å². The first kappa shape index (κ1) is 30.5. The molecule has 0 aromatic carbocycles. The SMILES string of the molecule is CN(C)C(=O)C1(C)CC1.Cc1ccc(C(=O)C2(C)CC2)o1.Cc1ccc([C@@H](O)C2(C)CC2)o1.Cc1ccco1. The summed E-state index contributed by atoms with van der Waals surface area (Å²) in [6.07, 6.45) is 7.62. The third kappa shape index (κ3) is 8.46. The fourth-order valence-electron chi connectivity index (χ4n) is 3.98. The normalized spacial score (nSPS) is 19.0. The summed E-state index contributed by atoms with van der Waals surface area (Å²) in [5, 5.41) is 9.84. The van der Waals surface area contributed by atoms with Gasteiger partial charge in [-0.05, 0) is 95.7 Å². The van der Waals surface area contributed by atoms with Gasteiger partial charge in [-0.3, -0.25) is 9.59 Å². The lowest BCUT2D eigenvalue weighted by molar-refractivity contribution is -0.133. The summed E-state index contributed by atoms with van der Waals surface area (Å²) in [5.41, 5.74) is -0.00190. The predicted molar refractivity (Wildman–Crippen MR) is 150 cm³/mol. The molecule has 0 radical (unpaired) electrons. The summed E-state index contributed by atoms with van der Waals surface area (Å²) in [7, 11) is 3.62. The van der Waals surface area contributed by atoms with E-state index in [1.54, 1.807) is 17.2 Å². The Labute approximate surface area is 232 Å². The van der Waals surface area contributed by atoms with Crippen LogP contribution in [0.2, 0.25) is 0 Å². The number of rotatable bonds is 5. The van der Waals surface area contributed by atoms with E-state index in [0.717, 1.165) is 55.8 Å². The van der Waals surface area contributed by atoms with E-state index < -0.39 is 6.10 Å². The fourth-order valence-corrected chi connectivity index (χ4v) is 3.98. The fraction of sp³-hybridized carbons (Fsp3) is 0.562. The number of aliphatic hydroxyl groups excluding tert-OH is 1. The summed E-state index contributed by atoms with van der Waals surface area (Å²) >= 11 is 0. The molecule has 3 aliphatic rings. The van der Waals surface area contributed by atoms with E-state index in [2.05, 4.69) is 6.92 Å². The maximum atomic E-state index is 11.6. The molecule has 1 N–H and O–H groups in total. The second-order valence-corrected chi connectivity index (χ2v) is 12.3. The minimum atomic E-state index is -0.411. The molecule has 1 atom stereocenters. The first-order valence-electron chi connectivity index (χ1n) is 13.8. The van der Waals surface area contributed by atoms with Crippen molar-refractivity contribution < 1.29 is 27.9 Å². The second-order valence-electron chi connectivity index (χ2n) is 12.3. The van der Waals surface area contributed by atoms with Gasteiger partial charge in [-0.2, -0.15) is 0 Å². The molecule has 1 amide bonds. The third-order valence-electron chi connectivity index (χ3n) is 7.83. The van der Waals surface area contributed by atoms with Crippen LogP contribution in [0.15, 0.2) is 55.9 Å². The molecule has 3 aromatic heterocycles. The van der Waals surface area contributed by atoms with Crippen molar-refractivity contribution in [1.29, 1.82) is 0 Å². The smallest absolute Gasteiger partial charge is 0.227 e. The Hall–Kier alpha value is -3.06. The third-order valence-corrected chi connectivity index (χ3v) is 7.83. The average molecular weight is 540 g/mol. The lowest BCUT2D eigenvalue weighted by Crippen LogP contribution is -2.28. The van der Waals surface area contributed by atoms with Crippen LogP contribution < -0.4 is 0 Å². The number of furan rings is 3. The van der Waals surface area contributed by atoms with Crippen molar-refractivity contribution in [1.82, 2.24) is 4.90 Å². The van der Waals surface area contributed by atoms with E-state index in [4.69, 9.17) is 13.3 Å². The van der Waals surface area contributed by atoms with E-state index in [-0.39, 0.29) is 27.9 Å². The van der Waals surface area contributed by atoms with Gasteiger partial charge in [0.05, 0.1) is 6.26 Å². The number of hydrogen-bond acceptors (Lipinski definition) is 6. The molecule has 3 aliphatic carbocycles. The lowest BCUT2D eigenvalue weighted by atomic mass is 10.0. The molecule has 0 unspecified atom stereocenters. The van der Waals surface area contributed by atoms with Gasteiger partial charge in [0.2, 0.25) is 11.7 Å². The Kier molecular flexibility index (Phi) is 9.37. The highest BCUT2D eigenvalue weighted by Crippen LogP contribution is 2.54. The maximum Gasteiger partial charge on any atom is 0.227 e. The molecule has 0 saturated heterocycles. The first-order chi connectivity index (χ1) is 18.2. The maximum absolute atomic E-state index is 11.6. The molecule has 39 heavy (non-hydrogen) atoms. The Balaban J connectivity index is 0.000000148. The molecule has 3 aromatic rings. The molecule has 3 saturated carbocycles. The predicted octanol–water partition coefficient (Wildman–Crippen LogP) is 7.46. The van der Waals surface area contributed by atoms with Crippen LogP contribution in [0.1, 0.15) is 99.0 Å². The van der Waals surface area contributed by atoms with Crippen LogP contribution in [0.5, 0.6) is 0 Å². The second kappa shape index (κ2) is 12.0.